The molecular formula is C13H20N2S. The van der Waals surface area contributed by atoms with Gasteiger partial charge in [-0.2, -0.15) is 0 Å². The quantitative estimate of drug-likeness (QED) is 0.478. The molecule has 0 aliphatic rings. The fraction of sp³-hybridized carbons (Fsp3) is 0.462. The number of nitrogens with one attached hydrogen (secondary N) is 1. The van der Waals surface area contributed by atoms with Crippen molar-refractivity contribution in [3.05, 3.63) is 29.3 Å². The maximum Gasteiger partial charge on any atom is 0.123 e. The zero-order valence-corrected chi connectivity index (χ0v) is 11.2. The van der Waals surface area contributed by atoms with E-state index in [0.29, 0.717) is 11.2 Å². The standard InChI is InChI=1S/C13H20N2S/c1-8(2)10(4)16-12-9(3)6-5-7-11(12)13(14)15/h5-8,10H,1-4H3,(H3,14,15). The SMILES string of the molecule is Cc1cccc(C(=N)N)c1SC(C)C(C)C. The van der Waals surface area contributed by atoms with Crippen molar-refractivity contribution in [3.63, 3.8) is 0 Å². The lowest BCUT2D eigenvalue weighted by molar-refractivity contribution is 0.642. The topological polar surface area (TPSA) is 49.9 Å². The molecule has 0 bridgehead atoms. The minimum absolute atomic E-state index is 0.155. The van der Waals surface area contributed by atoms with Crippen LogP contribution in [0.15, 0.2) is 23.1 Å². The van der Waals surface area contributed by atoms with Crippen LogP contribution < -0.4 is 5.73 Å². The van der Waals surface area contributed by atoms with E-state index >= 15 is 0 Å². The Kier molecular flexibility index (Phi) is 4.42. The van der Waals surface area contributed by atoms with E-state index < -0.39 is 0 Å². The second kappa shape index (κ2) is 5.39. The zero-order chi connectivity index (χ0) is 12.3. The average Bonchev–Trinajstić information content (AvgIpc) is 2.20. The fourth-order valence-electron chi connectivity index (χ4n) is 1.34. The second-order valence-corrected chi connectivity index (χ2v) is 5.82. The van der Waals surface area contributed by atoms with Crippen LogP contribution in [-0.4, -0.2) is 11.1 Å². The summed E-state index contributed by atoms with van der Waals surface area (Å²) >= 11 is 1.81. The number of hydrogen-bond donors (Lipinski definition) is 2. The van der Waals surface area contributed by atoms with Crippen molar-refractivity contribution in [2.45, 2.75) is 37.8 Å². The molecule has 3 heteroatoms. The van der Waals surface area contributed by atoms with Crippen molar-refractivity contribution in [3.8, 4) is 0 Å². The summed E-state index contributed by atoms with van der Waals surface area (Å²) in [6.45, 7) is 8.71. The van der Waals surface area contributed by atoms with Gasteiger partial charge in [-0.25, -0.2) is 0 Å². The van der Waals surface area contributed by atoms with Crippen LogP contribution in [0.1, 0.15) is 31.9 Å². The van der Waals surface area contributed by atoms with Gasteiger partial charge in [-0.15, -0.1) is 11.8 Å². The summed E-state index contributed by atoms with van der Waals surface area (Å²) in [5.74, 6) is 0.770. The molecule has 1 aromatic rings. The monoisotopic (exact) mass is 236 g/mol. The number of nitrogens with two attached hydrogens (primary N) is 1. The third-order valence-electron chi connectivity index (χ3n) is 2.74. The van der Waals surface area contributed by atoms with Crippen molar-refractivity contribution < 1.29 is 0 Å². The Morgan fingerprint density at radius 3 is 2.44 bits per heavy atom. The Morgan fingerprint density at radius 2 is 1.94 bits per heavy atom. The summed E-state index contributed by atoms with van der Waals surface area (Å²) in [7, 11) is 0. The fourth-order valence-corrected chi connectivity index (χ4v) is 2.55. The first-order valence-corrected chi connectivity index (χ1v) is 6.42. The van der Waals surface area contributed by atoms with Crippen LogP contribution in [0.25, 0.3) is 0 Å². The van der Waals surface area contributed by atoms with Crippen LogP contribution in [0, 0.1) is 18.3 Å². The molecule has 1 aromatic carbocycles. The summed E-state index contributed by atoms with van der Waals surface area (Å²) in [5, 5.41) is 8.12. The zero-order valence-electron chi connectivity index (χ0n) is 10.4. The van der Waals surface area contributed by atoms with Gasteiger partial charge in [0.1, 0.15) is 5.84 Å². The molecule has 0 saturated heterocycles. The van der Waals surface area contributed by atoms with E-state index in [1.807, 2.05) is 23.9 Å². The lowest BCUT2D eigenvalue weighted by atomic mass is 10.1. The molecule has 0 heterocycles. The van der Waals surface area contributed by atoms with Gasteiger partial charge in [-0.05, 0) is 18.4 Å². The summed E-state index contributed by atoms with van der Waals surface area (Å²) < 4.78 is 0. The average molecular weight is 236 g/mol. The number of amidine groups is 1. The van der Waals surface area contributed by atoms with Crippen molar-refractivity contribution in [1.82, 2.24) is 0 Å². The van der Waals surface area contributed by atoms with Crippen LogP contribution in [0.3, 0.4) is 0 Å². The van der Waals surface area contributed by atoms with E-state index in [1.54, 1.807) is 0 Å². The van der Waals surface area contributed by atoms with Gasteiger partial charge in [0.25, 0.3) is 0 Å². The van der Waals surface area contributed by atoms with Crippen LogP contribution in [0.4, 0.5) is 0 Å². The highest BCUT2D eigenvalue weighted by atomic mass is 32.2. The molecule has 0 spiro atoms. The first-order valence-electron chi connectivity index (χ1n) is 5.54. The smallest absolute Gasteiger partial charge is 0.123 e. The third-order valence-corrected chi connectivity index (χ3v) is 4.44. The normalized spacial score (nSPS) is 12.8. The van der Waals surface area contributed by atoms with E-state index in [1.165, 1.54) is 5.56 Å². The lowest BCUT2D eigenvalue weighted by Gasteiger charge is -2.18. The van der Waals surface area contributed by atoms with Gasteiger partial charge < -0.3 is 5.73 Å². The largest absolute Gasteiger partial charge is 0.384 e. The first kappa shape index (κ1) is 13.1. The van der Waals surface area contributed by atoms with Gasteiger partial charge in [0, 0.05) is 15.7 Å². The van der Waals surface area contributed by atoms with Gasteiger partial charge in [-0.1, -0.05) is 39.0 Å². The van der Waals surface area contributed by atoms with Crippen LogP contribution >= 0.6 is 11.8 Å². The summed E-state index contributed by atoms with van der Waals surface area (Å²) in [5.41, 5.74) is 7.66. The minimum atomic E-state index is 0.155. The number of thioether (sulfide) groups is 1. The van der Waals surface area contributed by atoms with E-state index in [0.717, 1.165) is 10.5 Å². The molecule has 0 radical (unpaired) electrons. The molecule has 88 valence electrons. The molecular weight excluding hydrogens is 216 g/mol. The van der Waals surface area contributed by atoms with Gasteiger partial charge in [0.2, 0.25) is 0 Å². The molecule has 16 heavy (non-hydrogen) atoms. The van der Waals surface area contributed by atoms with Gasteiger partial charge in [-0.3, -0.25) is 5.41 Å². The number of aryl methyl sites for hydroxylation is 1. The lowest BCUT2D eigenvalue weighted by Crippen LogP contribution is -2.14. The molecule has 2 nitrogen and oxygen atoms in total. The Bertz CT molecular complexity index is 386. The Balaban J connectivity index is 3.06. The molecule has 1 unspecified atom stereocenters. The summed E-state index contributed by atoms with van der Waals surface area (Å²) in [6.07, 6.45) is 0. The highest BCUT2D eigenvalue weighted by Crippen LogP contribution is 2.32. The summed E-state index contributed by atoms with van der Waals surface area (Å²) in [6, 6.07) is 5.95. The van der Waals surface area contributed by atoms with Gasteiger partial charge in [0.05, 0.1) is 0 Å². The molecule has 3 N–H and O–H groups in total. The van der Waals surface area contributed by atoms with Crippen LogP contribution in [0.5, 0.6) is 0 Å². The van der Waals surface area contributed by atoms with E-state index in [-0.39, 0.29) is 5.84 Å². The molecule has 0 amide bonds. The predicted octanol–water partition coefficient (Wildman–Crippen LogP) is 3.42. The maximum absolute atomic E-state index is 7.59. The number of hydrogen-bond acceptors (Lipinski definition) is 2. The Labute approximate surface area is 102 Å². The third kappa shape index (κ3) is 3.01. The molecule has 0 fully saturated rings. The number of nitrogen functional groups attached to an aromatic ring is 1. The van der Waals surface area contributed by atoms with Crippen molar-refractivity contribution in [1.29, 1.82) is 5.41 Å². The van der Waals surface area contributed by atoms with Crippen molar-refractivity contribution >= 4 is 17.6 Å². The Hall–Kier alpha value is -0.960. The molecule has 0 aliphatic carbocycles. The van der Waals surface area contributed by atoms with Crippen LogP contribution in [-0.2, 0) is 0 Å². The van der Waals surface area contributed by atoms with Crippen molar-refractivity contribution in [2.75, 3.05) is 0 Å². The van der Waals surface area contributed by atoms with Crippen LogP contribution in [0.2, 0.25) is 0 Å². The van der Waals surface area contributed by atoms with E-state index in [4.69, 9.17) is 11.1 Å². The summed E-state index contributed by atoms with van der Waals surface area (Å²) in [4.78, 5) is 1.15. The van der Waals surface area contributed by atoms with Gasteiger partial charge >= 0.3 is 0 Å². The minimum Gasteiger partial charge on any atom is -0.384 e. The van der Waals surface area contributed by atoms with E-state index in [2.05, 4.69) is 33.8 Å². The molecule has 1 atom stereocenters. The molecule has 1 rings (SSSR count). The Morgan fingerprint density at radius 1 is 1.31 bits per heavy atom. The van der Waals surface area contributed by atoms with E-state index in [9.17, 15) is 0 Å². The highest BCUT2D eigenvalue weighted by Gasteiger charge is 2.14. The maximum atomic E-state index is 7.59. The molecule has 0 aliphatic heterocycles. The number of benzene rings is 1. The van der Waals surface area contributed by atoms with Gasteiger partial charge in [0.15, 0.2) is 0 Å². The van der Waals surface area contributed by atoms with Crippen molar-refractivity contribution in [2.24, 2.45) is 11.7 Å². The second-order valence-electron chi connectivity index (χ2n) is 4.43. The molecule has 0 aromatic heterocycles. The number of rotatable bonds is 4. The highest BCUT2D eigenvalue weighted by molar-refractivity contribution is 8.00. The first-order chi connectivity index (χ1) is 7.43. The molecule has 0 saturated carbocycles. The predicted molar refractivity (Wildman–Crippen MR) is 72.4 cm³/mol.